The second-order valence-electron chi connectivity index (χ2n) is 8.01. The molecule has 1 aromatic heterocycles. The Labute approximate surface area is 220 Å². The molecule has 0 aliphatic carbocycles. The van der Waals surface area contributed by atoms with E-state index in [2.05, 4.69) is 4.99 Å². The number of carbonyl (C=O) groups is 1. The molecule has 0 aliphatic heterocycles. The summed E-state index contributed by atoms with van der Waals surface area (Å²) in [5.41, 5.74) is 1.74. The smallest absolute Gasteiger partial charge is 0.279 e. The van der Waals surface area contributed by atoms with Gasteiger partial charge in [0.05, 0.1) is 28.5 Å². The topological polar surface area (TPSA) is 90.2 Å². The Morgan fingerprint density at radius 2 is 1.73 bits per heavy atom. The van der Waals surface area contributed by atoms with Crippen molar-refractivity contribution >= 4 is 43.2 Å². The van der Waals surface area contributed by atoms with Gasteiger partial charge in [0.1, 0.15) is 11.3 Å². The number of anilines is 1. The van der Waals surface area contributed by atoms with Gasteiger partial charge in [0.15, 0.2) is 4.80 Å². The third-order valence-electron chi connectivity index (χ3n) is 5.70. The Bertz CT molecular complexity index is 1540. The summed E-state index contributed by atoms with van der Waals surface area (Å²) < 4.78 is 41.8. The minimum Gasteiger partial charge on any atom is -0.492 e. The van der Waals surface area contributed by atoms with Crippen LogP contribution in [0.15, 0.2) is 82.7 Å². The van der Waals surface area contributed by atoms with Crippen molar-refractivity contribution in [2.75, 3.05) is 31.2 Å². The van der Waals surface area contributed by atoms with Gasteiger partial charge in [-0.25, -0.2) is 8.42 Å². The Balaban J connectivity index is 1.69. The molecule has 0 saturated heterocycles. The minimum absolute atomic E-state index is 0.105. The molecule has 4 rings (SSSR count). The largest absolute Gasteiger partial charge is 0.492 e. The lowest BCUT2D eigenvalue weighted by atomic mass is 10.2. The lowest BCUT2D eigenvalue weighted by molar-refractivity contribution is 0.0997. The van der Waals surface area contributed by atoms with Gasteiger partial charge in [0.2, 0.25) is 0 Å². The van der Waals surface area contributed by atoms with Crippen LogP contribution in [0, 0.1) is 0 Å². The molecular weight excluding hydrogens is 510 g/mol. The van der Waals surface area contributed by atoms with E-state index in [1.165, 1.54) is 39.9 Å². The van der Waals surface area contributed by atoms with Crippen LogP contribution in [0.2, 0.25) is 0 Å². The van der Waals surface area contributed by atoms with Crippen LogP contribution >= 0.6 is 11.3 Å². The predicted octanol–water partition coefficient (Wildman–Crippen LogP) is 4.70. The molecule has 0 saturated carbocycles. The number of benzene rings is 3. The van der Waals surface area contributed by atoms with Crippen LogP contribution in [0.1, 0.15) is 24.2 Å². The summed E-state index contributed by atoms with van der Waals surface area (Å²) in [6.07, 6.45) is 0. The number of aromatic nitrogens is 1. The Hall–Kier alpha value is -3.47. The van der Waals surface area contributed by atoms with Crippen molar-refractivity contribution in [1.82, 2.24) is 4.57 Å². The number of hydrogen-bond donors (Lipinski definition) is 0. The van der Waals surface area contributed by atoms with Crippen LogP contribution in [-0.2, 0) is 21.3 Å². The summed E-state index contributed by atoms with van der Waals surface area (Å²) >= 11 is 1.39. The molecule has 0 unspecified atom stereocenters. The fraction of sp³-hybridized carbons (Fsp3) is 0.259. The number of sulfonamides is 1. The zero-order valence-corrected chi connectivity index (χ0v) is 22.6. The number of thiazole rings is 1. The van der Waals surface area contributed by atoms with Gasteiger partial charge in [-0.1, -0.05) is 35.6 Å². The van der Waals surface area contributed by atoms with Crippen LogP contribution in [0.3, 0.4) is 0 Å². The number of fused-ring (bicyclic) bond motifs is 1. The monoisotopic (exact) mass is 539 g/mol. The molecule has 8 nitrogen and oxygen atoms in total. The number of carbonyl (C=O) groups excluding carboxylic acids is 1. The van der Waals surface area contributed by atoms with Gasteiger partial charge in [-0.3, -0.25) is 9.10 Å². The highest BCUT2D eigenvalue weighted by Crippen LogP contribution is 2.28. The molecule has 0 radical (unpaired) electrons. The lowest BCUT2D eigenvalue weighted by Crippen LogP contribution is -2.30. The van der Waals surface area contributed by atoms with E-state index in [0.717, 1.165) is 16.0 Å². The van der Waals surface area contributed by atoms with Gasteiger partial charge in [-0.2, -0.15) is 4.99 Å². The highest BCUT2D eigenvalue weighted by molar-refractivity contribution is 7.92. The SMILES string of the molecule is CCOc1cccc2sc(=NC(=O)c3ccc(S(=O)(=O)N(CC)c4ccccc4)cc3)n(CCOC)c12. The van der Waals surface area contributed by atoms with Crippen molar-refractivity contribution in [2.45, 2.75) is 25.3 Å². The van der Waals surface area contributed by atoms with Crippen LogP contribution in [0.25, 0.3) is 10.2 Å². The van der Waals surface area contributed by atoms with Gasteiger partial charge in [-0.05, 0) is 62.4 Å². The molecule has 4 aromatic rings. The quantitative estimate of drug-likeness (QED) is 0.291. The van der Waals surface area contributed by atoms with Gasteiger partial charge in [-0.15, -0.1) is 0 Å². The van der Waals surface area contributed by atoms with Crippen molar-refractivity contribution in [3.8, 4) is 5.75 Å². The van der Waals surface area contributed by atoms with E-state index in [-0.39, 0.29) is 11.4 Å². The summed E-state index contributed by atoms with van der Waals surface area (Å²) in [5, 5.41) is 0. The molecule has 1 amide bonds. The van der Waals surface area contributed by atoms with Crippen molar-refractivity contribution in [3.63, 3.8) is 0 Å². The normalized spacial score (nSPS) is 12.1. The van der Waals surface area contributed by atoms with E-state index < -0.39 is 15.9 Å². The van der Waals surface area contributed by atoms with Gasteiger partial charge in [0.25, 0.3) is 15.9 Å². The molecule has 0 spiro atoms. The van der Waals surface area contributed by atoms with E-state index in [0.29, 0.717) is 35.8 Å². The zero-order chi connectivity index (χ0) is 26.4. The van der Waals surface area contributed by atoms with E-state index in [1.807, 2.05) is 35.8 Å². The molecule has 3 aromatic carbocycles. The Morgan fingerprint density at radius 3 is 2.38 bits per heavy atom. The second-order valence-corrected chi connectivity index (χ2v) is 10.9. The number of nitrogens with zero attached hydrogens (tertiary/aromatic N) is 3. The summed E-state index contributed by atoms with van der Waals surface area (Å²) in [7, 11) is -2.17. The van der Waals surface area contributed by atoms with E-state index in [9.17, 15) is 13.2 Å². The first-order valence-electron chi connectivity index (χ1n) is 11.9. The standard InChI is InChI=1S/C27H29N3O5S2/c1-4-30(21-10-7-6-8-11-21)37(32,33)22-16-14-20(15-17-22)26(31)28-27-29(18-19-34-3)25-23(35-5-2)12-9-13-24(25)36-27/h6-17H,4-5,18-19H2,1-3H3. The van der Waals surface area contributed by atoms with Crippen LogP contribution in [0.5, 0.6) is 5.75 Å². The number of para-hydroxylation sites is 2. The maximum Gasteiger partial charge on any atom is 0.279 e. The van der Waals surface area contributed by atoms with Gasteiger partial charge >= 0.3 is 0 Å². The maximum absolute atomic E-state index is 13.3. The summed E-state index contributed by atoms with van der Waals surface area (Å²) in [6, 6.07) is 20.6. The molecule has 0 aliphatic rings. The number of amides is 1. The number of rotatable bonds is 10. The highest BCUT2D eigenvalue weighted by Gasteiger charge is 2.23. The molecule has 10 heteroatoms. The van der Waals surface area contributed by atoms with Gasteiger partial charge < -0.3 is 14.0 Å². The molecule has 37 heavy (non-hydrogen) atoms. The number of hydrogen-bond acceptors (Lipinski definition) is 6. The summed E-state index contributed by atoms with van der Waals surface area (Å²) in [6.45, 7) is 5.43. The number of ether oxygens (including phenoxy) is 2. The van der Waals surface area contributed by atoms with Crippen molar-refractivity contribution in [2.24, 2.45) is 4.99 Å². The number of methoxy groups -OCH3 is 1. The third kappa shape index (κ3) is 5.61. The van der Waals surface area contributed by atoms with E-state index in [1.54, 1.807) is 38.3 Å². The van der Waals surface area contributed by atoms with Crippen LogP contribution in [-0.4, -0.2) is 45.8 Å². The Kier molecular flexibility index (Phi) is 8.42. The first-order chi connectivity index (χ1) is 17.9. The summed E-state index contributed by atoms with van der Waals surface area (Å²) in [4.78, 5) is 18.1. The lowest BCUT2D eigenvalue weighted by Gasteiger charge is -2.22. The third-order valence-corrected chi connectivity index (χ3v) is 8.66. The van der Waals surface area contributed by atoms with Crippen molar-refractivity contribution < 1.29 is 22.7 Å². The Morgan fingerprint density at radius 1 is 1.00 bits per heavy atom. The molecule has 0 fully saturated rings. The molecule has 0 bridgehead atoms. The predicted molar refractivity (Wildman–Crippen MR) is 146 cm³/mol. The zero-order valence-electron chi connectivity index (χ0n) is 21.0. The van der Waals surface area contributed by atoms with Gasteiger partial charge in [0, 0.05) is 25.8 Å². The first-order valence-corrected chi connectivity index (χ1v) is 14.2. The molecule has 0 N–H and O–H groups in total. The average molecular weight is 540 g/mol. The molecule has 0 atom stereocenters. The summed E-state index contributed by atoms with van der Waals surface area (Å²) in [5.74, 6) is 0.254. The maximum atomic E-state index is 13.3. The second kappa shape index (κ2) is 11.7. The van der Waals surface area contributed by atoms with E-state index >= 15 is 0 Å². The van der Waals surface area contributed by atoms with E-state index in [4.69, 9.17) is 9.47 Å². The highest BCUT2D eigenvalue weighted by atomic mass is 32.2. The van der Waals surface area contributed by atoms with Crippen LogP contribution in [0.4, 0.5) is 5.69 Å². The molecule has 1 heterocycles. The molecule has 194 valence electrons. The fourth-order valence-electron chi connectivity index (χ4n) is 3.98. The fourth-order valence-corrected chi connectivity index (χ4v) is 6.52. The van der Waals surface area contributed by atoms with Crippen molar-refractivity contribution in [1.29, 1.82) is 0 Å². The average Bonchev–Trinajstić information content (AvgIpc) is 3.26. The van der Waals surface area contributed by atoms with Crippen molar-refractivity contribution in [3.05, 3.63) is 83.2 Å². The first kappa shape index (κ1) is 26.6. The molecular formula is C27H29N3O5S2. The van der Waals surface area contributed by atoms with Crippen LogP contribution < -0.4 is 13.8 Å². The minimum atomic E-state index is -3.79.